The Hall–Kier alpha value is -0.0400. The van der Waals surface area contributed by atoms with Crippen LogP contribution in [-0.2, 0) is 0 Å². The van der Waals surface area contributed by atoms with Crippen LogP contribution in [0.1, 0.15) is 39.0 Å². The molecule has 0 amide bonds. The van der Waals surface area contributed by atoms with Crippen LogP contribution in [0, 0.1) is 17.8 Å². The molecule has 68 valence electrons. The van der Waals surface area contributed by atoms with Crippen LogP contribution < -0.4 is 5.32 Å². The Bertz CT molecular complexity index is 175. The highest BCUT2D eigenvalue weighted by Gasteiger charge is 2.41. The van der Waals surface area contributed by atoms with Crippen molar-refractivity contribution in [1.29, 1.82) is 0 Å². The molecule has 3 atom stereocenters. The first-order valence-corrected chi connectivity index (χ1v) is 5.57. The number of hydrogen-bond acceptors (Lipinski definition) is 1. The molecule has 0 spiro atoms. The van der Waals surface area contributed by atoms with Gasteiger partial charge in [0.1, 0.15) is 0 Å². The van der Waals surface area contributed by atoms with E-state index in [1.54, 1.807) is 6.42 Å². The highest BCUT2D eigenvalue weighted by atomic mass is 15.0. The van der Waals surface area contributed by atoms with Crippen LogP contribution in [0.4, 0.5) is 0 Å². The number of nitrogens with one attached hydrogen (secondary N) is 1. The van der Waals surface area contributed by atoms with E-state index in [1.807, 2.05) is 0 Å². The molecular weight excluding hydrogens is 146 g/mol. The Kier molecular flexibility index (Phi) is 1.52. The molecule has 1 N–H and O–H groups in total. The van der Waals surface area contributed by atoms with Gasteiger partial charge in [-0.1, -0.05) is 0 Å². The standard InChI is InChI=1S/C11H19N/c1-7-10-3-8-2-9(4-10)6-11(5-8)12-7/h7-12H,2-6H2,1H3. The quantitative estimate of drug-likeness (QED) is 0.580. The minimum Gasteiger partial charge on any atom is -0.311 e. The monoisotopic (exact) mass is 165 g/mol. The van der Waals surface area contributed by atoms with Crippen LogP contribution >= 0.6 is 0 Å². The molecular formula is C11H19N. The van der Waals surface area contributed by atoms with Gasteiger partial charge in [-0.15, -0.1) is 0 Å². The summed E-state index contributed by atoms with van der Waals surface area (Å²) in [7, 11) is 0. The Morgan fingerprint density at radius 1 is 0.917 bits per heavy atom. The molecule has 0 aromatic carbocycles. The highest BCUT2D eigenvalue weighted by Crippen LogP contribution is 2.46. The van der Waals surface area contributed by atoms with Gasteiger partial charge in [0.25, 0.3) is 0 Å². The summed E-state index contributed by atoms with van der Waals surface area (Å²) in [5.74, 6) is 3.19. The number of fused-ring (bicyclic) bond motifs is 1. The molecule has 4 fully saturated rings. The van der Waals surface area contributed by atoms with Gasteiger partial charge in [-0.05, 0) is 56.8 Å². The summed E-state index contributed by atoms with van der Waals surface area (Å²) in [6, 6.07) is 1.70. The van der Waals surface area contributed by atoms with Gasteiger partial charge in [0.15, 0.2) is 0 Å². The van der Waals surface area contributed by atoms with E-state index in [-0.39, 0.29) is 0 Å². The van der Waals surface area contributed by atoms with Gasteiger partial charge in [0.05, 0.1) is 0 Å². The fourth-order valence-electron chi connectivity index (χ4n) is 3.95. The van der Waals surface area contributed by atoms with E-state index < -0.39 is 0 Å². The molecule has 4 rings (SSSR count). The maximum Gasteiger partial charge on any atom is 0.00749 e. The molecule has 2 saturated carbocycles. The smallest absolute Gasteiger partial charge is 0.00749 e. The summed E-state index contributed by atoms with van der Waals surface area (Å²) < 4.78 is 0. The van der Waals surface area contributed by atoms with Gasteiger partial charge in [-0.3, -0.25) is 0 Å². The molecule has 1 heteroatoms. The first-order chi connectivity index (χ1) is 5.81. The van der Waals surface area contributed by atoms with Gasteiger partial charge < -0.3 is 5.32 Å². The van der Waals surface area contributed by atoms with Gasteiger partial charge in [-0.25, -0.2) is 0 Å². The SMILES string of the molecule is CC1NC2CC3CC(C2)CC1C3. The first-order valence-electron chi connectivity index (χ1n) is 5.57. The molecule has 0 aromatic heterocycles. The van der Waals surface area contributed by atoms with Crippen molar-refractivity contribution in [3.63, 3.8) is 0 Å². The molecule has 12 heavy (non-hydrogen) atoms. The molecule has 1 nitrogen and oxygen atoms in total. The molecule has 2 heterocycles. The first kappa shape index (κ1) is 7.37. The fraction of sp³-hybridized carbons (Fsp3) is 1.00. The second-order valence-electron chi connectivity index (χ2n) is 5.32. The van der Waals surface area contributed by atoms with E-state index in [1.165, 1.54) is 25.7 Å². The van der Waals surface area contributed by atoms with Crippen molar-refractivity contribution >= 4 is 0 Å². The molecule has 4 aliphatic rings. The summed E-state index contributed by atoms with van der Waals surface area (Å²) in [4.78, 5) is 0. The lowest BCUT2D eigenvalue weighted by Crippen LogP contribution is -2.37. The lowest BCUT2D eigenvalue weighted by Gasteiger charge is -2.38. The average Bonchev–Trinajstić information content (AvgIpc) is 2.16. The summed E-state index contributed by atoms with van der Waals surface area (Å²) >= 11 is 0. The van der Waals surface area contributed by atoms with Crippen LogP contribution in [0.2, 0.25) is 0 Å². The van der Waals surface area contributed by atoms with Gasteiger partial charge in [0, 0.05) is 12.1 Å². The van der Waals surface area contributed by atoms with Crippen molar-refractivity contribution in [3.8, 4) is 0 Å². The Labute approximate surface area is 74.9 Å². The zero-order valence-corrected chi connectivity index (χ0v) is 7.92. The molecule has 4 bridgehead atoms. The highest BCUT2D eigenvalue weighted by molar-refractivity contribution is 4.96. The van der Waals surface area contributed by atoms with Gasteiger partial charge in [0.2, 0.25) is 0 Å². The Morgan fingerprint density at radius 3 is 2.25 bits per heavy atom. The van der Waals surface area contributed by atoms with Crippen molar-refractivity contribution in [2.75, 3.05) is 0 Å². The van der Waals surface area contributed by atoms with Crippen LogP contribution in [-0.4, -0.2) is 12.1 Å². The Morgan fingerprint density at radius 2 is 1.58 bits per heavy atom. The lowest BCUT2D eigenvalue weighted by atomic mass is 9.67. The molecule has 2 aliphatic carbocycles. The average molecular weight is 165 g/mol. The second kappa shape index (κ2) is 2.47. The summed E-state index contributed by atoms with van der Waals surface area (Å²) in [5, 5.41) is 3.80. The van der Waals surface area contributed by atoms with Gasteiger partial charge in [-0.2, -0.15) is 0 Å². The van der Waals surface area contributed by atoms with Crippen LogP contribution in [0.25, 0.3) is 0 Å². The number of rotatable bonds is 0. The molecule has 2 aliphatic heterocycles. The summed E-state index contributed by atoms with van der Waals surface area (Å²) in [6.45, 7) is 2.40. The molecule has 0 radical (unpaired) electrons. The van der Waals surface area contributed by atoms with Crippen LogP contribution in [0.15, 0.2) is 0 Å². The second-order valence-corrected chi connectivity index (χ2v) is 5.32. The molecule has 3 unspecified atom stereocenters. The van der Waals surface area contributed by atoms with E-state index in [4.69, 9.17) is 0 Å². The summed E-state index contributed by atoms with van der Waals surface area (Å²) in [5.41, 5.74) is 0. The van der Waals surface area contributed by atoms with Crippen molar-refractivity contribution in [2.24, 2.45) is 17.8 Å². The fourth-order valence-corrected chi connectivity index (χ4v) is 3.95. The van der Waals surface area contributed by atoms with E-state index >= 15 is 0 Å². The minimum absolute atomic E-state index is 0.810. The predicted molar refractivity (Wildman–Crippen MR) is 49.9 cm³/mol. The van der Waals surface area contributed by atoms with Crippen LogP contribution in [0.3, 0.4) is 0 Å². The zero-order chi connectivity index (χ0) is 8.13. The topological polar surface area (TPSA) is 12.0 Å². The zero-order valence-electron chi connectivity index (χ0n) is 7.92. The van der Waals surface area contributed by atoms with Crippen molar-refractivity contribution in [2.45, 2.75) is 51.1 Å². The maximum atomic E-state index is 3.80. The third-order valence-electron chi connectivity index (χ3n) is 4.38. The van der Waals surface area contributed by atoms with Crippen LogP contribution in [0.5, 0.6) is 0 Å². The van der Waals surface area contributed by atoms with E-state index in [0.717, 1.165) is 29.8 Å². The normalized spacial score (nSPS) is 57.2. The summed E-state index contributed by atoms with van der Waals surface area (Å²) in [6.07, 6.45) is 7.58. The van der Waals surface area contributed by atoms with E-state index in [0.29, 0.717) is 0 Å². The van der Waals surface area contributed by atoms with Gasteiger partial charge >= 0.3 is 0 Å². The van der Waals surface area contributed by atoms with E-state index in [9.17, 15) is 0 Å². The molecule has 0 aromatic rings. The van der Waals surface area contributed by atoms with Crippen molar-refractivity contribution < 1.29 is 0 Å². The maximum absolute atomic E-state index is 3.80. The van der Waals surface area contributed by atoms with Crippen molar-refractivity contribution in [3.05, 3.63) is 0 Å². The number of hydrogen-bond donors (Lipinski definition) is 1. The van der Waals surface area contributed by atoms with E-state index in [2.05, 4.69) is 12.2 Å². The predicted octanol–water partition coefficient (Wildman–Crippen LogP) is 2.17. The molecule has 2 saturated heterocycles. The van der Waals surface area contributed by atoms with Crippen molar-refractivity contribution in [1.82, 2.24) is 5.32 Å². The Balaban J connectivity index is 1.91. The lowest BCUT2D eigenvalue weighted by molar-refractivity contribution is 0.150. The minimum atomic E-state index is 0.810. The largest absolute Gasteiger partial charge is 0.311 e. The third kappa shape index (κ3) is 1.02. The third-order valence-corrected chi connectivity index (χ3v) is 4.38.